The zero-order chi connectivity index (χ0) is 22.5. The molecule has 0 radical (unpaired) electrons. The smallest absolute Gasteiger partial charge is 0.407 e. The van der Waals surface area contributed by atoms with Gasteiger partial charge in [-0.1, -0.05) is 12.1 Å². The minimum absolute atomic E-state index is 0.0274. The van der Waals surface area contributed by atoms with E-state index >= 15 is 0 Å². The topological polar surface area (TPSA) is 139 Å². The second kappa shape index (κ2) is 9.39. The van der Waals surface area contributed by atoms with E-state index in [1.807, 2.05) is 0 Å². The van der Waals surface area contributed by atoms with E-state index in [1.165, 1.54) is 23.1 Å². The van der Waals surface area contributed by atoms with Gasteiger partial charge >= 0.3 is 6.09 Å². The minimum Gasteiger partial charge on any atom is -0.444 e. The van der Waals surface area contributed by atoms with E-state index in [-0.39, 0.29) is 49.9 Å². The molecule has 1 fully saturated rings. The molecule has 2 amide bonds. The Labute approximate surface area is 175 Å². The summed E-state index contributed by atoms with van der Waals surface area (Å²) in [6.45, 7) is 5.66. The number of para-hydroxylation sites is 1. The third-order valence-electron chi connectivity index (χ3n) is 4.28. The van der Waals surface area contributed by atoms with Crippen LogP contribution < -0.4 is 5.32 Å². The number of rotatable bonds is 6. The van der Waals surface area contributed by atoms with Crippen LogP contribution in [0.3, 0.4) is 0 Å². The predicted octanol–water partition coefficient (Wildman–Crippen LogP) is 1.34. The Hall–Kier alpha value is -2.73. The SMILES string of the molecule is CC(C)(C)OC(=O)NCCC(=O)N1CCN(S(=O)(=O)c2ccccc2[N+](=O)[O-])CC1. The van der Waals surface area contributed by atoms with Gasteiger partial charge < -0.3 is 15.0 Å². The first-order chi connectivity index (χ1) is 13.9. The highest BCUT2D eigenvalue weighted by atomic mass is 32.2. The number of nitrogens with one attached hydrogen (secondary N) is 1. The number of hydrogen-bond donors (Lipinski definition) is 1. The van der Waals surface area contributed by atoms with Crippen LogP contribution in [0.1, 0.15) is 27.2 Å². The molecule has 1 N–H and O–H groups in total. The molecule has 1 saturated heterocycles. The van der Waals surface area contributed by atoms with Gasteiger partial charge in [-0.05, 0) is 26.8 Å². The Bertz CT molecular complexity index is 903. The molecular weight excluding hydrogens is 416 g/mol. The van der Waals surface area contributed by atoms with Crippen molar-refractivity contribution < 1.29 is 27.7 Å². The summed E-state index contributed by atoms with van der Waals surface area (Å²) in [4.78, 5) is 35.5. The Morgan fingerprint density at radius 2 is 1.77 bits per heavy atom. The molecule has 0 aliphatic carbocycles. The molecule has 0 aromatic heterocycles. The third-order valence-corrected chi connectivity index (χ3v) is 6.22. The maximum atomic E-state index is 12.8. The summed E-state index contributed by atoms with van der Waals surface area (Å²) in [7, 11) is -4.05. The number of nitrogens with zero attached hydrogens (tertiary/aromatic N) is 3. The second-order valence-electron chi connectivity index (χ2n) is 7.69. The molecule has 1 aliphatic rings. The lowest BCUT2D eigenvalue weighted by Gasteiger charge is -2.34. The van der Waals surface area contributed by atoms with E-state index in [0.717, 1.165) is 10.4 Å². The highest BCUT2D eigenvalue weighted by molar-refractivity contribution is 7.89. The van der Waals surface area contributed by atoms with Crippen LogP contribution in [-0.4, -0.2) is 72.9 Å². The summed E-state index contributed by atoms with van der Waals surface area (Å²) in [5.41, 5.74) is -1.12. The Kier molecular flexibility index (Phi) is 7.37. The fourth-order valence-electron chi connectivity index (χ4n) is 2.89. The number of alkyl carbamates (subject to hydrolysis) is 1. The van der Waals surface area contributed by atoms with Gasteiger partial charge in [0.1, 0.15) is 5.60 Å². The molecule has 0 saturated carbocycles. The molecule has 2 rings (SSSR count). The van der Waals surface area contributed by atoms with Gasteiger partial charge in [-0.2, -0.15) is 4.31 Å². The first kappa shape index (κ1) is 23.5. The first-order valence-corrected chi connectivity index (χ1v) is 10.8. The lowest BCUT2D eigenvalue weighted by atomic mass is 10.2. The molecule has 1 aromatic rings. The fraction of sp³-hybridized carbons (Fsp3) is 0.556. The number of nitro benzene ring substituents is 1. The molecule has 0 unspecified atom stereocenters. The Morgan fingerprint density at radius 3 is 2.33 bits per heavy atom. The van der Waals surface area contributed by atoms with E-state index < -0.39 is 32.3 Å². The minimum atomic E-state index is -4.05. The van der Waals surface area contributed by atoms with Gasteiger partial charge in [-0.3, -0.25) is 14.9 Å². The average molecular weight is 442 g/mol. The lowest BCUT2D eigenvalue weighted by Crippen LogP contribution is -2.51. The number of nitro groups is 1. The molecule has 1 heterocycles. The van der Waals surface area contributed by atoms with Crippen LogP contribution in [-0.2, 0) is 19.6 Å². The van der Waals surface area contributed by atoms with Crippen molar-refractivity contribution in [3.05, 3.63) is 34.4 Å². The van der Waals surface area contributed by atoms with Gasteiger partial charge in [-0.25, -0.2) is 13.2 Å². The van der Waals surface area contributed by atoms with E-state index in [2.05, 4.69) is 5.32 Å². The first-order valence-electron chi connectivity index (χ1n) is 9.40. The van der Waals surface area contributed by atoms with Crippen molar-refractivity contribution in [1.29, 1.82) is 0 Å². The highest BCUT2D eigenvalue weighted by Crippen LogP contribution is 2.26. The molecule has 12 heteroatoms. The number of benzene rings is 1. The molecule has 0 bridgehead atoms. The summed E-state index contributed by atoms with van der Waals surface area (Å²) in [5.74, 6) is -0.228. The monoisotopic (exact) mass is 442 g/mol. The highest BCUT2D eigenvalue weighted by Gasteiger charge is 2.34. The summed E-state index contributed by atoms with van der Waals surface area (Å²) in [6, 6.07) is 5.17. The predicted molar refractivity (Wildman–Crippen MR) is 107 cm³/mol. The Balaban J connectivity index is 1.89. The number of amides is 2. The van der Waals surface area contributed by atoms with Crippen molar-refractivity contribution in [2.75, 3.05) is 32.7 Å². The number of sulfonamides is 1. The van der Waals surface area contributed by atoms with Gasteiger partial charge in [0.25, 0.3) is 5.69 Å². The van der Waals surface area contributed by atoms with Crippen LogP contribution in [0.25, 0.3) is 0 Å². The van der Waals surface area contributed by atoms with E-state index in [4.69, 9.17) is 4.74 Å². The van der Waals surface area contributed by atoms with E-state index in [9.17, 15) is 28.1 Å². The van der Waals surface area contributed by atoms with Crippen LogP contribution in [0.5, 0.6) is 0 Å². The van der Waals surface area contributed by atoms with Crippen molar-refractivity contribution in [1.82, 2.24) is 14.5 Å². The van der Waals surface area contributed by atoms with E-state index in [0.29, 0.717) is 0 Å². The molecule has 1 aromatic carbocycles. The number of piperazine rings is 1. The van der Waals surface area contributed by atoms with Gasteiger partial charge in [0.15, 0.2) is 4.90 Å². The molecule has 0 spiro atoms. The second-order valence-corrected chi connectivity index (χ2v) is 9.59. The Morgan fingerprint density at radius 1 is 1.17 bits per heavy atom. The zero-order valence-electron chi connectivity index (χ0n) is 17.2. The summed E-state index contributed by atoms with van der Waals surface area (Å²) in [5, 5.41) is 13.7. The van der Waals surface area contributed by atoms with Crippen LogP contribution in [0.2, 0.25) is 0 Å². The normalized spacial score (nSPS) is 15.5. The van der Waals surface area contributed by atoms with Crippen LogP contribution in [0, 0.1) is 10.1 Å². The molecule has 30 heavy (non-hydrogen) atoms. The quantitative estimate of drug-likeness (QED) is 0.518. The number of ether oxygens (including phenoxy) is 1. The van der Waals surface area contributed by atoms with Gasteiger partial charge in [0.2, 0.25) is 15.9 Å². The fourth-order valence-corrected chi connectivity index (χ4v) is 4.47. The van der Waals surface area contributed by atoms with Crippen molar-refractivity contribution in [2.45, 2.75) is 37.7 Å². The van der Waals surface area contributed by atoms with Crippen LogP contribution in [0.4, 0.5) is 10.5 Å². The maximum absolute atomic E-state index is 12.8. The number of hydrogen-bond acceptors (Lipinski definition) is 7. The molecule has 11 nitrogen and oxygen atoms in total. The standard InChI is InChI=1S/C18H26N4O7S/c1-18(2,3)29-17(24)19-9-8-16(23)20-10-12-21(13-11-20)30(27,28)15-7-5-4-6-14(15)22(25)26/h4-7H,8-13H2,1-3H3,(H,19,24). The average Bonchev–Trinajstić information content (AvgIpc) is 2.66. The number of carbonyl (C=O) groups excluding carboxylic acids is 2. The summed E-state index contributed by atoms with van der Waals surface area (Å²) < 4.78 is 31.8. The molecule has 0 atom stereocenters. The molecule has 166 valence electrons. The van der Waals surface area contributed by atoms with Crippen LogP contribution >= 0.6 is 0 Å². The maximum Gasteiger partial charge on any atom is 0.407 e. The zero-order valence-corrected chi connectivity index (χ0v) is 18.0. The number of carbonyl (C=O) groups is 2. The molecular formula is C18H26N4O7S. The molecule has 1 aliphatic heterocycles. The van der Waals surface area contributed by atoms with Gasteiger partial charge in [0, 0.05) is 45.2 Å². The third kappa shape index (κ3) is 6.13. The summed E-state index contributed by atoms with van der Waals surface area (Å²) in [6.07, 6.45) is -0.563. The van der Waals surface area contributed by atoms with Crippen molar-refractivity contribution in [3.63, 3.8) is 0 Å². The van der Waals surface area contributed by atoms with E-state index in [1.54, 1.807) is 20.8 Å². The lowest BCUT2D eigenvalue weighted by molar-refractivity contribution is -0.387. The van der Waals surface area contributed by atoms with Crippen molar-refractivity contribution in [2.24, 2.45) is 0 Å². The largest absolute Gasteiger partial charge is 0.444 e. The van der Waals surface area contributed by atoms with Crippen LogP contribution in [0.15, 0.2) is 29.2 Å². The van der Waals surface area contributed by atoms with Gasteiger partial charge in [-0.15, -0.1) is 0 Å². The summed E-state index contributed by atoms with van der Waals surface area (Å²) >= 11 is 0. The van der Waals surface area contributed by atoms with Gasteiger partial charge in [0.05, 0.1) is 4.92 Å². The van der Waals surface area contributed by atoms with Crippen molar-refractivity contribution in [3.8, 4) is 0 Å². The van der Waals surface area contributed by atoms with Crippen molar-refractivity contribution >= 4 is 27.7 Å².